The van der Waals surface area contributed by atoms with Crippen LogP contribution in [-0.2, 0) is 0 Å². The van der Waals surface area contributed by atoms with Crippen molar-refractivity contribution < 1.29 is 9.15 Å². The topological polar surface area (TPSA) is 54.7 Å². The number of ether oxygens (including phenoxy) is 1. The van der Waals surface area contributed by atoms with E-state index in [1.54, 1.807) is 7.11 Å². The number of fused-ring (bicyclic) bond motifs is 1. The summed E-state index contributed by atoms with van der Waals surface area (Å²) in [7, 11) is 1.65. The van der Waals surface area contributed by atoms with Gasteiger partial charge in [-0.25, -0.2) is 4.79 Å². The lowest BCUT2D eigenvalue weighted by molar-refractivity contribution is 0.411. The lowest BCUT2D eigenvalue weighted by Gasteiger charge is -2.29. The van der Waals surface area contributed by atoms with Gasteiger partial charge < -0.3 is 19.4 Å². The fourth-order valence-corrected chi connectivity index (χ4v) is 3.47. The van der Waals surface area contributed by atoms with E-state index in [-0.39, 0.29) is 5.63 Å². The minimum Gasteiger partial charge on any atom is -0.496 e. The van der Waals surface area contributed by atoms with Gasteiger partial charge in [0, 0.05) is 37.4 Å². The Morgan fingerprint density at radius 1 is 1.08 bits per heavy atom. The van der Waals surface area contributed by atoms with Gasteiger partial charge in [-0.3, -0.25) is 0 Å². The molecule has 0 atom stereocenters. The maximum Gasteiger partial charge on any atom is 0.344 e. The second kappa shape index (κ2) is 6.84. The molecule has 0 aliphatic carbocycles. The summed E-state index contributed by atoms with van der Waals surface area (Å²) in [6, 6.07) is 13.7. The standard InChI is InChI=1S/C21H22N2O3/c1-14-11-16(4-6-19(14)25-2)20-12-15-3-5-17(13-18(15)21(24)26-20)23-9-7-22-8-10-23/h3-6,11-13,22H,7-10H2,1-2H3. The molecule has 134 valence electrons. The Morgan fingerprint density at radius 3 is 2.62 bits per heavy atom. The van der Waals surface area contributed by atoms with E-state index in [1.807, 2.05) is 43.3 Å². The van der Waals surface area contributed by atoms with Gasteiger partial charge in [-0.05, 0) is 54.3 Å². The fraction of sp³-hybridized carbons (Fsp3) is 0.286. The Bertz CT molecular complexity index is 1000. The van der Waals surface area contributed by atoms with Crippen LogP contribution in [0.15, 0.2) is 51.7 Å². The van der Waals surface area contributed by atoms with Crippen molar-refractivity contribution in [3.8, 4) is 17.1 Å². The molecule has 4 rings (SSSR count). The first-order valence-electron chi connectivity index (χ1n) is 8.84. The second-order valence-corrected chi connectivity index (χ2v) is 6.59. The zero-order valence-corrected chi connectivity index (χ0v) is 15.0. The molecular weight excluding hydrogens is 328 g/mol. The molecule has 5 nitrogen and oxygen atoms in total. The van der Waals surface area contributed by atoms with E-state index in [1.165, 1.54) is 0 Å². The van der Waals surface area contributed by atoms with Crippen LogP contribution in [0.2, 0.25) is 0 Å². The number of nitrogens with zero attached hydrogens (tertiary/aromatic N) is 1. The minimum atomic E-state index is -0.303. The summed E-state index contributed by atoms with van der Waals surface area (Å²) in [5.74, 6) is 1.39. The number of nitrogens with one attached hydrogen (secondary N) is 1. The Balaban J connectivity index is 1.75. The van der Waals surface area contributed by atoms with Crippen molar-refractivity contribution in [2.75, 3.05) is 38.2 Å². The molecule has 2 aromatic carbocycles. The summed E-state index contributed by atoms with van der Waals surface area (Å²) < 4.78 is 10.9. The molecule has 3 aromatic rings. The first-order chi connectivity index (χ1) is 12.7. The van der Waals surface area contributed by atoms with Crippen LogP contribution in [0.3, 0.4) is 0 Å². The van der Waals surface area contributed by atoms with E-state index in [0.717, 1.165) is 54.1 Å². The predicted molar refractivity (Wildman–Crippen MR) is 104 cm³/mol. The SMILES string of the molecule is COc1ccc(-c2cc3ccc(N4CCNCC4)cc3c(=O)o2)cc1C. The van der Waals surface area contributed by atoms with Crippen molar-refractivity contribution in [1.29, 1.82) is 0 Å². The van der Waals surface area contributed by atoms with Crippen molar-refractivity contribution in [3.05, 3.63) is 58.4 Å². The quantitative estimate of drug-likeness (QED) is 0.786. The second-order valence-electron chi connectivity index (χ2n) is 6.59. The maximum atomic E-state index is 12.6. The molecule has 0 radical (unpaired) electrons. The molecule has 1 N–H and O–H groups in total. The van der Waals surface area contributed by atoms with Crippen LogP contribution in [0.25, 0.3) is 22.1 Å². The van der Waals surface area contributed by atoms with E-state index in [9.17, 15) is 4.79 Å². The van der Waals surface area contributed by atoms with Gasteiger partial charge in [0.2, 0.25) is 0 Å². The summed E-state index contributed by atoms with van der Waals surface area (Å²) in [5.41, 5.74) is 2.64. The Labute approximate surface area is 152 Å². The average Bonchev–Trinajstić information content (AvgIpc) is 2.68. The van der Waals surface area contributed by atoms with Crippen LogP contribution in [0, 0.1) is 6.92 Å². The van der Waals surface area contributed by atoms with Crippen LogP contribution >= 0.6 is 0 Å². The molecule has 1 aliphatic rings. The molecule has 1 aromatic heterocycles. The first-order valence-corrected chi connectivity index (χ1v) is 8.84. The maximum absolute atomic E-state index is 12.6. The van der Waals surface area contributed by atoms with Crippen LogP contribution in [0.5, 0.6) is 5.75 Å². The fourth-order valence-electron chi connectivity index (χ4n) is 3.47. The highest BCUT2D eigenvalue weighted by atomic mass is 16.5. The van der Waals surface area contributed by atoms with E-state index >= 15 is 0 Å². The van der Waals surface area contributed by atoms with Gasteiger partial charge in [-0.1, -0.05) is 6.07 Å². The van der Waals surface area contributed by atoms with Crippen molar-refractivity contribution >= 4 is 16.5 Å². The number of hydrogen-bond donors (Lipinski definition) is 1. The number of piperazine rings is 1. The van der Waals surface area contributed by atoms with Crippen LogP contribution in [0.4, 0.5) is 5.69 Å². The van der Waals surface area contributed by atoms with E-state index in [2.05, 4.69) is 16.3 Å². The normalized spacial score (nSPS) is 14.6. The zero-order chi connectivity index (χ0) is 18.1. The Hall–Kier alpha value is -2.79. The molecule has 5 heteroatoms. The van der Waals surface area contributed by atoms with E-state index < -0.39 is 0 Å². The summed E-state index contributed by atoms with van der Waals surface area (Å²) in [6.45, 7) is 5.78. The number of anilines is 1. The summed E-state index contributed by atoms with van der Waals surface area (Å²) in [6.07, 6.45) is 0. The highest BCUT2D eigenvalue weighted by Crippen LogP contribution is 2.28. The van der Waals surface area contributed by atoms with Gasteiger partial charge in [-0.2, -0.15) is 0 Å². The van der Waals surface area contributed by atoms with Crippen LogP contribution in [0.1, 0.15) is 5.56 Å². The lowest BCUT2D eigenvalue weighted by Crippen LogP contribution is -2.43. The van der Waals surface area contributed by atoms with Gasteiger partial charge in [0.05, 0.1) is 12.5 Å². The largest absolute Gasteiger partial charge is 0.496 e. The molecule has 0 saturated carbocycles. The molecule has 0 amide bonds. The van der Waals surface area contributed by atoms with Crippen molar-refractivity contribution in [1.82, 2.24) is 5.32 Å². The highest BCUT2D eigenvalue weighted by Gasteiger charge is 2.13. The van der Waals surface area contributed by atoms with E-state index in [4.69, 9.17) is 9.15 Å². The number of benzene rings is 2. The van der Waals surface area contributed by atoms with Crippen molar-refractivity contribution in [2.24, 2.45) is 0 Å². The van der Waals surface area contributed by atoms with Crippen LogP contribution in [-0.4, -0.2) is 33.3 Å². The minimum absolute atomic E-state index is 0.303. The molecule has 1 saturated heterocycles. The number of aryl methyl sites for hydroxylation is 1. The molecule has 26 heavy (non-hydrogen) atoms. The number of hydrogen-bond acceptors (Lipinski definition) is 5. The first kappa shape index (κ1) is 16.7. The zero-order valence-electron chi connectivity index (χ0n) is 15.0. The van der Waals surface area contributed by atoms with Crippen LogP contribution < -0.4 is 20.6 Å². The Morgan fingerprint density at radius 2 is 1.88 bits per heavy atom. The molecular formula is C21H22N2O3. The van der Waals surface area contributed by atoms with Crippen molar-refractivity contribution in [3.63, 3.8) is 0 Å². The third-order valence-corrected chi connectivity index (χ3v) is 4.91. The summed E-state index contributed by atoms with van der Waals surface area (Å²) in [5, 5.41) is 4.85. The average molecular weight is 350 g/mol. The molecule has 1 aliphatic heterocycles. The number of rotatable bonds is 3. The predicted octanol–water partition coefficient (Wildman–Crippen LogP) is 3.19. The monoisotopic (exact) mass is 350 g/mol. The van der Waals surface area contributed by atoms with Gasteiger partial charge >= 0.3 is 5.63 Å². The van der Waals surface area contributed by atoms with Gasteiger partial charge in [0.25, 0.3) is 0 Å². The lowest BCUT2D eigenvalue weighted by atomic mass is 10.1. The summed E-state index contributed by atoms with van der Waals surface area (Å²) >= 11 is 0. The smallest absolute Gasteiger partial charge is 0.344 e. The molecule has 0 spiro atoms. The third-order valence-electron chi connectivity index (χ3n) is 4.91. The van der Waals surface area contributed by atoms with E-state index in [0.29, 0.717) is 11.1 Å². The highest BCUT2D eigenvalue weighted by molar-refractivity contribution is 5.87. The Kier molecular flexibility index (Phi) is 4.39. The molecule has 1 fully saturated rings. The van der Waals surface area contributed by atoms with Crippen molar-refractivity contribution in [2.45, 2.75) is 6.92 Å². The number of methoxy groups -OCH3 is 1. The summed E-state index contributed by atoms with van der Waals surface area (Å²) in [4.78, 5) is 14.9. The van der Waals surface area contributed by atoms with Gasteiger partial charge in [0.15, 0.2) is 0 Å². The van der Waals surface area contributed by atoms with Gasteiger partial charge in [0.1, 0.15) is 11.5 Å². The molecule has 0 bridgehead atoms. The third kappa shape index (κ3) is 3.06. The molecule has 2 heterocycles. The molecule has 0 unspecified atom stereocenters. The van der Waals surface area contributed by atoms with Gasteiger partial charge in [-0.15, -0.1) is 0 Å².